The number of hydrogen-bond acceptors (Lipinski definition) is 5. The lowest BCUT2D eigenvalue weighted by Crippen LogP contribution is -2.39. The number of benzene rings is 1. The van der Waals surface area contributed by atoms with Gasteiger partial charge in [0.1, 0.15) is 6.61 Å². The predicted octanol–water partition coefficient (Wildman–Crippen LogP) is 4.57. The summed E-state index contributed by atoms with van der Waals surface area (Å²) in [7, 11) is 0. The smallest absolute Gasteiger partial charge is 0.407 e. The van der Waals surface area contributed by atoms with Crippen LogP contribution in [0.3, 0.4) is 0 Å². The molecule has 160 valence electrons. The molecule has 8 heteroatoms. The lowest BCUT2D eigenvalue weighted by Gasteiger charge is -2.25. The van der Waals surface area contributed by atoms with Gasteiger partial charge in [0.15, 0.2) is 18.2 Å². The van der Waals surface area contributed by atoms with E-state index in [1.807, 2.05) is 44.2 Å². The highest BCUT2D eigenvalue weighted by atomic mass is 35.5. The predicted molar refractivity (Wildman–Crippen MR) is 116 cm³/mol. The number of pyridine rings is 1. The molecule has 0 spiro atoms. The molecule has 2 heterocycles. The molecule has 1 saturated carbocycles. The molecule has 0 atom stereocenters. The Bertz CT molecular complexity index is 761. The fourth-order valence-electron chi connectivity index (χ4n) is 2.40. The largest absolute Gasteiger partial charge is 0.480 e. The second-order valence-corrected chi connectivity index (χ2v) is 6.02. The summed E-state index contributed by atoms with van der Waals surface area (Å²) in [5.41, 5.74) is 1.02. The Kier molecular flexibility index (Phi) is 11.2. The summed E-state index contributed by atoms with van der Waals surface area (Å²) < 4.78 is 10.1. The van der Waals surface area contributed by atoms with Gasteiger partial charge in [-0.1, -0.05) is 44.2 Å². The van der Waals surface area contributed by atoms with Gasteiger partial charge in [-0.25, -0.2) is 9.78 Å². The molecule has 2 aliphatic rings. The molecule has 4 rings (SSSR count). The summed E-state index contributed by atoms with van der Waals surface area (Å²) in [5.74, 6) is 0.979. The van der Waals surface area contributed by atoms with E-state index >= 15 is 0 Å². The summed E-state index contributed by atoms with van der Waals surface area (Å²) in [6.07, 6.45) is 4.68. The van der Waals surface area contributed by atoms with Crippen molar-refractivity contribution in [2.75, 3.05) is 11.9 Å². The van der Waals surface area contributed by atoms with Crippen LogP contribution in [0.25, 0.3) is 0 Å². The van der Waals surface area contributed by atoms with Crippen LogP contribution in [-0.4, -0.2) is 29.6 Å². The van der Waals surface area contributed by atoms with Gasteiger partial charge in [0.05, 0.1) is 0 Å². The monoisotopic (exact) mass is 423 g/mol. The molecule has 2 amide bonds. The van der Waals surface area contributed by atoms with Gasteiger partial charge in [0.25, 0.3) is 5.91 Å². The number of ether oxygens (including phenoxy) is 2. The van der Waals surface area contributed by atoms with E-state index in [-0.39, 0.29) is 32.4 Å². The molecule has 1 aromatic heterocycles. The molecule has 0 radical (unpaired) electrons. The molecular weight excluding hydrogens is 394 g/mol. The van der Waals surface area contributed by atoms with Crippen LogP contribution in [0.2, 0.25) is 0 Å². The molecule has 1 aliphatic heterocycles. The van der Waals surface area contributed by atoms with E-state index in [4.69, 9.17) is 9.47 Å². The highest BCUT2D eigenvalue weighted by Crippen LogP contribution is 2.23. The second kappa shape index (κ2) is 13.4. The van der Waals surface area contributed by atoms with Crippen LogP contribution in [0.1, 0.15) is 40.1 Å². The van der Waals surface area contributed by atoms with Crippen molar-refractivity contribution in [3.8, 4) is 5.75 Å². The van der Waals surface area contributed by atoms with Gasteiger partial charge in [-0.2, -0.15) is 0 Å². The molecule has 0 unspecified atom stereocenters. The van der Waals surface area contributed by atoms with Crippen LogP contribution in [0.5, 0.6) is 5.75 Å². The first-order chi connectivity index (χ1) is 13.7. The van der Waals surface area contributed by atoms with Crippen molar-refractivity contribution in [3.63, 3.8) is 0 Å². The van der Waals surface area contributed by atoms with Crippen LogP contribution < -0.4 is 15.4 Å². The quantitative estimate of drug-likeness (QED) is 0.754. The van der Waals surface area contributed by atoms with Crippen LogP contribution in [0, 0.1) is 0 Å². The van der Waals surface area contributed by atoms with Gasteiger partial charge in [-0.3, -0.25) is 4.79 Å². The third-order valence-corrected chi connectivity index (χ3v) is 4.03. The second-order valence-electron chi connectivity index (χ2n) is 6.02. The van der Waals surface area contributed by atoms with E-state index < -0.39 is 0 Å². The van der Waals surface area contributed by atoms with E-state index in [2.05, 4.69) is 15.6 Å². The van der Waals surface area contributed by atoms with Crippen molar-refractivity contribution in [3.05, 3.63) is 54.2 Å². The standard InChI is InChI=1S/C12H15NO2.C7H6N2O2.C2H6.ClH.H2/c14-12(13-11-7-4-8-11)15-9-10-5-2-1-3-6-10;10-6-4-11-5-2-1-3-8-7(5)9-6;1-2;;/h1-3,5-6,11H,4,7-9H2,(H,13,14);1-3H,4H2,(H,8,9,10);1-2H3;2*1H. The van der Waals surface area contributed by atoms with Crippen molar-refractivity contribution in [1.29, 1.82) is 0 Å². The Hall–Kier alpha value is -2.80. The summed E-state index contributed by atoms with van der Waals surface area (Å²) in [6, 6.07) is 13.6. The highest BCUT2D eigenvalue weighted by molar-refractivity contribution is 5.94. The number of rotatable bonds is 3. The average Bonchev–Trinajstić information content (AvgIpc) is 2.72. The number of halogens is 1. The van der Waals surface area contributed by atoms with Gasteiger partial charge >= 0.3 is 6.09 Å². The number of nitrogens with zero attached hydrogens (tertiary/aromatic N) is 1. The minimum absolute atomic E-state index is 0. The van der Waals surface area contributed by atoms with E-state index in [9.17, 15) is 9.59 Å². The lowest BCUT2D eigenvalue weighted by molar-refractivity contribution is -0.118. The molecule has 0 bridgehead atoms. The third-order valence-electron chi connectivity index (χ3n) is 4.03. The third kappa shape index (κ3) is 8.39. The summed E-state index contributed by atoms with van der Waals surface area (Å²) in [4.78, 5) is 25.9. The van der Waals surface area contributed by atoms with E-state index in [1.165, 1.54) is 6.42 Å². The van der Waals surface area contributed by atoms with E-state index in [0.29, 0.717) is 24.2 Å². The fourth-order valence-corrected chi connectivity index (χ4v) is 2.40. The Labute approximate surface area is 179 Å². The number of carbonyl (C=O) groups is 2. The zero-order chi connectivity index (χ0) is 20.2. The first-order valence-corrected chi connectivity index (χ1v) is 9.55. The molecule has 0 saturated heterocycles. The molecule has 2 aromatic rings. The zero-order valence-electron chi connectivity index (χ0n) is 16.7. The molecule has 2 N–H and O–H groups in total. The van der Waals surface area contributed by atoms with Gasteiger partial charge in [0, 0.05) is 13.7 Å². The van der Waals surface area contributed by atoms with Crippen molar-refractivity contribution < 1.29 is 20.5 Å². The number of nitrogens with one attached hydrogen (secondary N) is 2. The minimum atomic E-state index is -0.302. The normalized spacial score (nSPS) is 13.8. The molecule has 29 heavy (non-hydrogen) atoms. The van der Waals surface area contributed by atoms with E-state index in [0.717, 1.165) is 18.4 Å². The van der Waals surface area contributed by atoms with Crippen molar-refractivity contribution in [2.45, 2.75) is 45.8 Å². The summed E-state index contributed by atoms with van der Waals surface area (Å²) in [5, 5.41) is 5.41. The van der Waals surface area contributed by atoms with Gasteiger partial charge in [-0.05, 0) is 37.0 Å². The Morgan fingerprint density at radius 2 is 1.97 bits per heavy atom. The number of aromatic nitrogens is 1. The maximum absolute atomic E-state index is 11.3. The number of anilines is 1. The summed E-state index contributed by atoms with van der Waals surface area (Å²) >= 11 is 0. The summed E-state index contributed by atoms with van der Waals surface area (Å²) in [6.45, 7) is 4.43. The van der Waals surface area contributed by atoms with Crippen LogP contribution in [-0.2, 0) is 16.1 Å². The van der Waals surface area contributed by atoms with Crippen LogP contribution in [0.4, 0.5) is 10.6 Å². The highest BCUT2D eigenvalue weighted by Gasteiger charge is 2.19. The first kappa shape index (κ1) is 24.2. The number of fused-ring (bicyclic) bond motifs is 1. The minimum Gasteiger partial charge on any atom is -0.480 e. The zero-order valence-corrected chi connectivity index (χ0v) is 17.5. The fraction of sp³-hybridized carbons (Fsp3) is 0.381. The SMILES string of the molecule is CC.Cl.O=C(NC1CCC1)OCc1ccccc1.O=C1COc2cccnc2N1.[HH]. The molecule has 1 fully saturated rings. The lowest BCUT2D eigenvalue weighted by atomic mass is 9.93. The maximum Gasteiger partial charge on any atom is 0.407 e. The van der Waals surface area contributed by atoms with Gasteiger partial charge in [-0.15, -0.1) is 12.4 Å². The van der Waals surface area contributed by atoms with E-state index in [1.54, 1.807) is 18.3 Å². The Morgan fingerprint density at radius 1 is 1.24 bits per heavy atom. The number of amides is 2. The molecule has 1 aromatic carbocycles. The molecule has 7 nitrogen and oxygen atoms in total. The maximum atomic E-state index is 11.3. The molecular formula is C21H30ClN3O4. The van der Waals surface area contributed by atoms with Crippen LogP contribution >= 0.6 is 12.4 Å². The number of hydrogen-bond donors (Lipinski definition) is 2. The molecule has 1 aliphatic carbocycles. The Morgan fingerprint density at radius 3 is 2.62 bits per heavy atom. The topological polar surface area (TPSA) is 89.5 Å². The van der Waals surface area contributed by atoms with Crippen molar-refractivity contribution >= 4 is 30.2 Å². The number of carbonyl (C=O) groups excluding carboxylic acids is 2. The number of alkyl carbamates (subject to hydrolysis) is 1. The van der Waals surface area contributed by atoms with Gasteiger partial charge in [0.2, 0.25) is 0 Å². The van der Waals surface area contributed by atoms with Crippen LogP contribution in [0.15, 0.2) is 48.7 Å². The van der Waals surface area contributed by atoms with Crippen molar-refractivity contribution in [1.82, 2.24) is 10.3 Å². The van der Waals surface area contributed by atoms with Crippen molar-refractivity contribution in [2.24, 2.45) is 0 Å². The average molecular weight is 424 g/mol. The first-order valence-electron chi connectivity index (χ1n) is 9.55. The Balaban J connectivity index is 0.000000503. The van der Waals surface area contributed by atoms with Gasteiger partial charge < -0.3 is 20.1 Å².